The molecule has 0 unspecified atom stereocenters. The van der Waals surface area contributed by atoms with Crippen LogP contribution in [0.1, 0.15) is 17.2 Å². The fourth-order valence-electron chi connectivity index (χ4n) is 1.93. The van der Waals surface area contributed by atoms with E-state index in [9.17, 15) is 21.6 Å². The molecule has 0 aliphatic carbocycles. The van der Waals surface area contributed by atoms with Crippen molar-refractivity contribution in [2.45, 2.75) is 6.04 Å². The first-order chi connectivity index (χ1) is 13.0. The second-order valence-electron chi connectivity index (χ2n) is 4.92. The van der Waals surface area contributed by atoms with Gasteiger partial charge in [-0.1, -0.05) is 60.7 Å². The predicted molar refractivity (Wildman–Crippen MR) is 97.9 cm³/mol. The average molecular weight is 434 g/mol. The maximum atomic E-state index is 11.2. The Morgan fingerprint density at radius 3 is 1.54 bits per heavy atom. The lowest BCUT2D eigenvalue weighted by Crippen LogP contribution is -2.48. The van der Waals surface area contributed by atoms with Crippen LogP contribution in [0.25, 0.3) is 0 Å². The molecule has 0 saturated carbocycles. The van der Waals surface area contributed by atoms with Crippen molar-refractivity contribution in [3.8, 4) is 0 Å². The third kappa shape index (κ3) is 9.93. The highest BCUT2D eigenvalue weighted by atomic mass is 32.3. The van der Waals surface area contributed by atoms with E-state index in [4.69, 9.17) is 14.9 Å². The van der Waals surface area contributed by atoms with Crippen molar-refractivity contribution < 1.29 is 34.4 Å². The molecule has 154 valence electrons. The maximum absolute atomic E-state index is 11.2. The fourth-order valence-corrected chi connectivity index (χ4v) is 2.80. The van der Waals surface area contributed by atoms with E-state index in [1.54, 1.807) is 0 Å². The molecule has 2 amide bonds. The van der Waals surface area contributed by atoms with E-state index in [2.05, 4.69) is 14.5 Å². The molecule has 7 N–H and O–H groups in total. The first kappa shape index (κ1) is 23.4. The van der Waals surface area contributed by atoms with Gasteiger partial charge in [-0.15, -0.1) is 3.63 Å². The molecular weight excluding hydrogens is 416 g/mol. The SMILES string of the molecule is NNC(=O)NNC(c1ccccc1)c1ccccc1.O=S(=O)(O)OS(=O)(=O)O. The van der Waals surface area contributed by atoms with Crippen molar-refractivity contribution in [1.82, 2.24) is 16.3 Å². The summed E-state index contributed by atoms with van der Waals surface area (Å²) >= 11 is 0. The first-order valence-corrected chi connectivity index (χ1v) is 10.0. The van der Waals surface area contributed by atoms with E-state index in [-0.39, 0.29) is 6.04 Å². The summed E-state index contributed by atoms with van der Waals surface area (Å²) in [7, 11) is -10.2. The van der Waals surface area contributed by atoms with Gasteiger partial charge in [0.25, 0.3) is 0 Å². The zero-order chi connectivity index (χ0) is 21.2. The largest absolute Gasteiger partial charge is 0.413 e. The molecule has 0 aliphatic rings. The van der Waals surface area contributed by atoms with Crippen molar-refractivity contribution in [1.29, 1.82) is 0 Å². The molecule has 12 nitrogen and oxygen atoms in total. The van der Waals surface area contributed by atoms with Gasteiger partial charge in [0.15, 0.2) is 0 Å². The van der Waals surface area contributed by atoms with Crippen LogP contribution >= 0.6 is 0 Å². The number of urea groups is 1. The molecular formula is C14H18N4O8S2. The van der Waals surface area contributed by atoms with Crippen molar-refractivity contribution >= 4 is 26.8 Å². The Balaban J connectivity index is 0.000000370. The minimum atomic E-state index is -5.12. The lowest BCUT2D eigenvalue weighted by atomic mass is 9.99. The van der Waals surface area contributed by atoms with Crippen LogP contribution in [-0.4, -0.2) is 32.0 Å². The number of hydrogen-bond acceptors (Lipinski definition) is 8. The lowest BCUT2D eigenvalue weighted by molar-refractivity contribution is 0.235. The number of carbonyl (C=O) groups excluding carboxylic acids is 1. The minimum Gasteiger partial charge on any atom is -0.275 e. The van der Waals surface area contributed by atoms with Gasteiger partial charge in [-0.05, 0) is 11.1 Å². The van der Waals surface area contributed by atoms with E-state index < -0.39 is 26.8 Å². The minimum absolute atomic E-state index is 0.139. The van der Waals surface area contributed by atoms with E-state index in [1.807, 2.05) is 66.1 Å². The molecule has 0 radical (unpaired) electrons. The third-order valence-electron chi connectivity index (χ3n) is 2.90. The maximum Gasteiger partial charge on any atom is 0.413 e. The van der Waals surface area contributed by atoms with Crippen molar-refractivity contribution in [2.24, 2.45) is 5.84 Å². The molecule has 2 rings (SSSR count). The standard InChI is InChI=1S/C14H16N4O.H2O7S2/c15-16-14(19)18-17-13(11-7-3-1-4-8-11)12-9-5-2-6-10-12;1-8(2,3)7-9(4,5)6/h1-10,13,17H,15H2,(H2,16,18,19);(H,1,2,3)(H,4,5,6). The molecule has 0 spiro atoms. The average Bonchev–Trinajstić information content (AvgIpc) is 2.61. The van der Waals surface area contributed by atoms with E-state index >= 15 is 0 Å². The third-order valence-corrected chi connectivity index (χ3v) is 4.27. The van der Waals surface area contributed by atoms with Gasteiger partial charge in [-0.25, -0.2) is 16.1 Å². The number of amides is 2. The highest BCUT2D eigenvalue weighted by molar-refractivity contribution is 7.94. The normalized spacial score (nSPS) is 11.3. The van der Waals surface area contributed by atoms with E-state index in [0.29, 0.717) is 0 Å². The van der Waals surface area contributed by atoms with Gasteiger partial charge in [0, 0.05) is 0 Å². The topological polar surface area (TPSA) is 197 Å². The summed E-state index contributed by atoms with van der Waals surface area (Å²) < 4.78 is 55.6. The van der Waals surface area contributed by atoms with Crippen LogP contribution in [0.15, 0.2) is 60.7 Å². The van der Waals surface area contributed by atoms with Crippen LogP contribution in [0.2, 0.25) is 0 Å². The van der Waals surface area contributed by atoms with Crippen LogP contribution in [0, 0.1) is 0 Å². The molecule has 14 heteroatoms. The van der Waals surface area contributed by atoms with Crippen LogP contribution in [0.3, 0.4) is 0 Å². The van der Waals surface area contributed by atoms with Gasteiger partial charge in [0.2, 0.25) is 0 Å². The van der Waals surface area contributed by atoms with Gasteiger partial charge in [0.05, 0.1) is 6.04 Å². The molecule has 2 aromatic rings. The van der Waals surface area contributed by atoms with Crippen molar-refractivity contribution in [3.63, 3.8) is 0 Å². The van der Waals surface area contributed by atoms with Crippen LogP contribution < -0.4 is 22.1 Å². The molecule has 0 fully saturated rings. The fraction of sp³-hybridized carbons (Fsp3) is 0.0714. The number of hydrogen-bond donors (Lipinski definition) is 6. The number of nitrogens with two attached hydrogens (primary N) is 1. The van der Waals surface area contributed by atoms with Crippen molar-refractivity contribution in [3.05, 3.63) is 71.8 Å². The molecule has 0 bridgehead atoms. The van der Waals surface area contributed by atoms with Crippen molar-refractivity contribution in [2.75, 3.05) is 0 Å². The second-order valence-corrected chi connectivity index (χ2v) is 7.18. The van der Waals surface area contributed by atoms with Gasteiger partial charge in [-0.2, -0.15) is 16.8 Å². The summed E-state index contributed by atoms with van der Waals surface area (Å²) in [6, 6.07) is 19.1. The molecule has 2 aromatic carbocycles. The van der Waals surface area contributed by atoms with Gasteiger partial charge < -0.3 is 0 Å². The Hall–Kier alpha value is -2.59. The van der Waals surface area contributed by atoms with Crippen LogP contribution in [0.4, 0.5) is 4.79 Å². The molecule has 0 heterocycles. The van der Waals surface area contributed by atoms with Crippen LogP contribution in [-0.2, 0) is 24.4 Å². The highest BCUT2D eigenvalue weighted by Gasteiger charge is 2.16. The summed E-state index contributed by atoms with van der Waals surface area (Å²) in [5, 5.41) is 0. The zero-order valence-corrected chi connectivity index (χ0v) is 15.7. The van der Waals surface area contributed by atoms with Gasteiger partial charge >= 0.3 is 26.8 Å². The van der Waals surface area contributed by atoms with E-state index in [0.717, 1.165) is 11.1 Å². The highest BCUT2D eigenvalue weighted by Crippen LogP contribution is 2.20. The summed E-state index contributed by atoms with van der Waals surface area (Å²) in [6.45, 7) is 0. The number of nitrogens with one attached hydrogen (secondary N) is 3. The Labute approximate surface area is 161 Å². The molecule has 0 aliphatic heterocycles. The zero-order valence-electron chi connectivity index (χ0n) is 14.1. The Morgan fingerprint density at radius 1 is 0.857 bits per heavy atom. The van der Waals surface area contributed by atoms with E-state index in [1.165, 1.54) is 0 Å². The predicted octanol–water partition coefficient (Wildman–Crippen LogP) is 0.0621. The number of hydrazine groups is 2. The first-order valence-electron chi connectivity index (χ1n) is 7.30. The molecule has 0 saturated heterocycles. The Kier molecular flexibility index (Phi) is 8.93. The quantitative estimate of drug-likeness (QED) is 0.156. The van der Waals surface area contributed by atoms with Crippen LogP contribution in [0.5, 0.6) is 0 Å². The molecule has 28 heavy (non-hydrogen) atoms. The summed E-state index contributed by atoms with van der Waals surface area (Å²) in [4.78, 5) is 11.2. The smallest absolute Gasteiger partial charge is 0.275 e. The number of benzene rings is 2. The Bertz CT molecular complexity index is 884. The van der Waals surface area contributed by atoms with Gasteiger partial charge in [0.1, 0.15) is 0 Å². The number of carbonyl (C=O) groups is 1. The summed E-state index contributed by atoms with van der Waals surface area (Å²) in [6.07, 6.45) is 0. The summed E-state index contributed by atoms with van der Waals surface area (Å²) in [5.74, 6) is 5.03. The van der Waals surface area contributed by atoms with Gasteiger partial charge in [-0.3, -0.25) is 20.0 Å². The monoisotopic (exact) mass is 434 g/mol. The lowest BCUT2D eigenvalue weighted by Gasteiger charge is -2.20. The summed E-state index contributed by atoms with van der Waals surface area (Å²) in [5.41, 5.74) is 9.57. The Morgan fingerprint density at radius 2 is 1.25 bits per heavy atom. The molecule has 0 aromatic heterocycles. The number of rotatable bonds is 6. The molecule has 0 atom stereocenters. The second kappa shape index (κ2) is 10.7.